The van der Waals surface area contributed by atoms with E-state index in [0.29, 0.717) is 25.3 Å². The third-order valence-electron chi connectivity index (χ3n) is 3.47. The Bertz CT molecular complexity index is 739. The van der Waals surface area contributed by atoms with Crippen molar-refractivity contribution in [2.75, 3.05) is 18.9 Å². The van der Waals surface area contributed by atoms with Gasteiger partial charge in [-0.1, -0.05) is 24.3 Å². The standard InChI is InChI=1S/C18H24N2O3S/c1-14(2)23-13-3-12-20-24(21,22)18-10-6-16(7-11-18)15-4-8-17(19)9-5-15/h4-11,14,20H,3,12-13,19H2,1-2H3. The van der Waals surface area contributed by atoms with Gasteiger partial charge in [-0.3, -0.25) is 0 Å². The minimum atomic E-state index is -3.49. The zero-order valence-electron chi connectivity index (χ0n) is 14.0. The second-order valence-electron chi connectivity index (χ2n) is 5.82. The minimum absolute atomic E-state index is 0.155. The molecule has 0 heterocycles. The van der Waals surface area contributed by atoms with Crippen LogP contribution >= 0.6 is 0 Å². The van der Waals surface area contributed by atoms with E-state index in [1.54, 1.807) is 24.3 Å². The number of ether oxygens (including phenoxy) is 1. The van der Waals surface area contributed by atoms with E-state index >= 15 is 0 Å². The fourth-order valence-corrected chi connectivity index (χ4v) is 3.26. The fourth-order valence-electron chi connectivity index (χ4n) is 2.18. The molecule has 0 atom stereocenters. The van der Waals surface area contributed by atoms with Crippen LogP contribution in [0.4, 0.5) is 5.69 Å². The molecule has 3 N–H and O–H groups in total. The van der Waals surface area contributed by atoms with E-state index in [9.17, 15) is 8.42 Å². The van der Waals surface area contributed by atoms with Crippen molar-refractivity contribution in [3.63, 3.8) is 0 Å². The van der Waals surface area contributed by atoms with E-state index in [4.69, 9.17) is 10.5 Å². The van der Waals surface area contributed by atoms with Crippen molar-refractivity contribution < 1.29 is 13.2 Å². The molecule has 0 fully saturated rings. The normalized spacial score (nSPS) is 11.8. The fraction of sp³-hybridized carbons (Fsp3) is 0.333. The molecule has 5 nitrogen and oxygen atoms in total. The highest BCUT2D eigenvalue weighted by atomic mass is 32.2. The Morgan fingerprint density at radius 2 is 1.54 bits per heavy atom. The summed E-state index contributed by atoms with van der Waals surface area (Å²) in [5.41, 5.74) is 8.31. The van der Waals surface area contributed by atoms with Crippen molar-refractivity contribution in [3.05, 3.63) is 48.5 Å². The highest BCUT2D eigenvalue weighted by Crippen LogP contribution is 2.22. The molecule has 0 aliphatic heterocycles. The van der Waals surface area contributed by atoms with Crippen LogP contribution < -0.4 is 10.5 Å². The summed E-state index contributed by atoms with van der Waals surface area (Å²) >= 11 is 0. The largest absolute Gasteiger partial charge is 0.399 e. The molecule has 0 saturated heterocycles. The maximum atomic E-state index is 12.3. The van der Waals surface area contributed by atoms with Gasteiger partial charge in [0.2, 0.25) is 10.0 Å². The summed E-state index contributed by atoms with van der Waals surface area (Å²) < 4.78 is 32.5. The highest BCUT2D eigenvalue weighted by molar-refractivity contribution is 7.89. The van der Waals surface area contributed by atoms with E-state index in [2.05, 4.69) is 4.72 Å². The monoisotopic (exact) mass is 348 g/mol. The number of benzene rings is 2. The molecule has 0 aromatic heterocycles. The van der Waals surface area contributed by atoms with E-state index in [1.165, 1.54) is 0 Å². The lowest BCUT2D eigenvalue weighted by molar-refractivity contribution is 0.0778. The van der Waals surface area contributed by atoms with Gasteiger partial charge in [-0.15, -0.1) is 0 Å². The molecule has 130 valence electrons. The summed E-state index contributed by atoms with van der Waals surface area (Å²) in [4.78, 5) is 0.256. The third kappa shape index (κ3) is 5.33. The molecule has 0 bridgehead atoms. The number of rotatable bonds is 8. The Hall–Kier alpha value is -1.89. The highest BCUT2D eigenvalue weighted by Gasteiger charge is 2.13. The van der Waals surface area contributed by atoms with E-state index in [1.807, 2.05) is 38.1 Å². The van der Waals surface area contributed by atoms with Crippen LogP contribution in [0.15, 0.2) is 53.4 Å². The first kappa shape index (κ1) is 18.4. The molecule has 2 rings (SSSR count). The van der Waals surface area contributed by atoms with Crippen LogP contribution in [0, 0.1) is 0 Å². The zero-order chi connectivity index (χ0) is 17.6. The summed E-state index contributed by atoms with van der Waals surface area (Å²) in [5.74, 6) is 0. The molecule has 0 spiro atoms. The Morgan fingerprint density at radius 3 is 2.08 bits per heavy atom. The average molecular weight is 348 g/mol. The summed E-state index contributed by atoms with van der Waals surface area (Å²) in [5, 5.41) is 0. The first-order valence-corrected chi connectivity index (χ1v) is 9.44. The predicted molar refractivity (Wildman–Crippen MR) is 97.2 cm³/mol. The number of hydrogen-bond donors (Lipinski definition) is 2. The Balaban J connectivity index is 1.97. The van der Waals surface area contributed by atoms with Crippen molar-refractivity contribution in [2.45, 2.75) is 31.3 Å². The molecular formula is C18H24N2O3S. The molecule has 0 unspecified atom stereocenters. The second-order valence-corrected chi connectivity index (χ2v) is 7.58. The third-order valence-corrected chi connectivity index (χ3v) is 4.95. The summed E-state index contributed by atoms with van der Waals surface area (Å²) in [6.45, 7) is 4.80. The predicted octanol–water partition coefficient (Wildman–Crippen LogP) is 3.03. The van der Waals surface area contributed by atoms with E-state index < -0.39 is 10.0 Å². The maximum Gasteiger partial charge on any atom is 0.240 e. The summed E-state index contributed by atoms with van der Waals surface area (Å²) in [7, 11) is -3.49. The van der Waals surface area contributed by atoms with Gasteiger partial charge < -0.3 is 10.5 Å². The number of nitrogens with one attached hydrogen (secondary N) is 1. The van der Waals surface area contributed by atoms with Gasteiger partial charge in [0.15, 0.2) is 0 Å². The first-order valence-electron chi connectivity index (χ1n) is 7.96. The zero-order valence-corrected chi connectivity index (χ0v) is 14.8. The number of sulfonamides is 1. The molecule has 24 heavy (non-hydrogen) atoms. The second kappa shape index (κ2) is 8.28. The van der Waals surface area contributed by atoms with Crippen LogP contribution in [0.25, 0.3) is 11.1 Å². The molecule has 0 amide bonds. The SMILES string of the molecule is CC(C)OCCCNS(=O)(=O)c1ccc(-c2ccc(N)cc2)cc1. The van der Waals surface area contributed by atoms with Gasteiger partial charge in [0, 0.05) is 18.8 Å². The molecule has 0 aliphatic rings. The topological polar surface area (TPSA) is 81.4 Å². The number of hydrogen-bond acceptors (Lipinski definition) is 4. The van der Waals surface area contributed by atoms with Crippen molar-refractivity contribution in [1.82, 2.24) is 4.72 Å². The van der Waals surface area contributed by atoms with Crippen molar-refractivity contribution in [1.29, 1.82) is 0 Å². The van der Waals surface area contributed by atoms with Crippen molar-refractivity contribution in [3.8, 4) is 11.1 Å². The van der Waals surface area contributed by atoms with Crippen LogP contribution in [-0.4, -0.2) is 27.7 Å². The van der Waals surface area contributed by atoms with Crippen LogP contribution in [0.3, 0.4) is 0 Å². The van der Waals surface area contributed by atoms with Gasteiger partial charge in [0.1, 0.15) is 0 Å². The van der Waals surface area contributed by atoms with Crippen molar-refractivity contribution >= 4 is 15.7 Å². The lowest BCUT2D eigenvalue weighted by atomic mass is 10.1. The number of anilines is 1. The summed E-state index contributed by atoms with van der Waals surface area (Å²) in [6, 6.07) is 14.3. The summed E-state index contributed by atoms with van der Waals surface area (Å²) in [6.07, 6.45) is 0.795. The molecule has 0 radical (unpaired) electrons. The lowest BCUT2D eigenvalue weighted by Gasteiger charge is -2.09. The van der Waals surface area contributed by atoms with E-state index in [-0.39, 0.29) is 11.0 Å². The van der Waals surface area contributed by atoms with Crippen LogP contribution in [0.1, 0.15) is 20.3 Å². The maximum absolute atomic E-state index is 12.3. The van der Waals surface area contributed by atoms with Crippen LogP contribution in [0.2, 0.25) is 0 Å². The quantitative estimate of drug-likeness (QED) is 0.567. The average Bonchev–Trinajstić information content (AvgIpc) is 2.55. The smallest absolute Gasteiger partial charge is 0.240 e. The Kier molecular flexibility index (Phi) is 6.36. The number of nitrogens with two attached hydrogens (primary N) is 1. The minimum Gasteiger partial charge on any atom is -0.399 e. The lowest BCUT2D eigenvalue weighted by Crippen LogP contribution is -2.25. The van der Waals surface area contributed by atoms with Crippen LogP contribution in [-0.2, 0) is 14.8 Å². The molecule has 0 aliphatic carbocycles. The molecule has 6 heteroatoms. The van der Waals surface area contributed by atoms with Gasteiger partial charge in [-0.25, -0.2) is 13.1 Å². The van der Waals surface area contributed by atoms with E-state index in [0.717, 1.165) is 11.1 Å². The van der Waals surface area contributed by atoms with Crippen LogP contribution in [0.5, 0.6) is 0 Å². The molecule has 0 saturated carbocycles. The van der Waals surface area contributed by atoms with Gasteiger partial charge in [-0.05, 0) is 55.7 Å². The molecular weight excluding hydrogens is 324 g/mol. The Morgan fingerprint density at radius 1 is 1.00 bits per heavy atom. The first-order chi connectivity index (χ1) is 11.4. The molecule has 2 aromatic rings. The van der Waals surface area contributed by atoms with Crippen molar-refractivity contribution in [2.24, 2.45) is 0 Å². The van der Waals surface area contributed by atoms with Gasteiger partial charge in [0.25, 0.3) is 0 Å². The van der Waals surface area contributed by atoms with Gasteiger partial charge in [0.05, 0.1) is 11.0 Å². The van der Waals surface area contributed by atoms with Gasteiger partial charge >= 0.3 is 0 Å². The van der Waals surface area contributed by atoms with Gasteiger partial charge in [-0.2, -0.15) is 0 Å². The number of nitrogen functional groups attached to an aromatic ring is 1. The molecule has 2 aromatic carbocycles. The Labute approximate surface area is 143 Å².